The highest BCUT2D eigenvalue weighted by molar-refractivity contribution is 6.18. The molecule has 19 heavy (non-hydrogen) atoms. The normalized spacial score (nSPS) is 10.9. The molecule has 3 nitrogen and oxygen atoms in total. The van der Waals surface area contributed by atoms with E-state index < -0.39 is 18.6 Å². The van der Waals surface area contributed by atoms with Crippen molar-refractivity contribution in [2.75, 3.05) is 19.0 Å². The lowest BCUT2D eigenvalue weighted by atomic mass is 10.1. The lowest BCUT2D eigenvalue weighted by Gasteiger charge is -2.23. The van der Waals surface area contributed by atoms with Crippen molar-refractivity contribution in [2.45, 2.75) is 6.18 Å². The maximum atomic E-state index is 12.4. The summed E-state index contributed by atoms with van der Waals surface area (Å²) in [6.45, 7) is -1.58. The van der Waals surface area contributed by atoms with Crippen molar-refractivity contribution in [2.24, 2.45) is 0 Å². The summed E-state index contributed by atoms with van der Waals surface area (Å²) < 4.78 is 37.1. The van der Waals surface area contributed by atoms with Gasteiger partial charge in [-0.25, -0.2) is 0 Å². The Bertz CT molecular complexity index is 496. The fourth-order valence-corrected chi connectivity index (χ4v) is 1.68. The number of halogens is 4. The lowest BCUT2D eigenvalue weighted by molar-refractivity contribution is -0.140. The first kappa shape index (κ1) is 15.3. The van der Waals surface area contributed by atoms with Crippen LogP contribution < -0.4 is 0 Å². The SMILES string of the molecule is N#Cc1cccc(C(=O)N(CCCl)CC(F)(F)F)c1. The van der Waals surface area contributed by atoms with Crippen molar-refractivity contribution in [3.63, 3.8) is 0 Å². The highest BCUT2D eigenvalue weighted by atomic mass is 35.5. The molecule has 0 unspecified atom stereocenters. The molecule has 1 aromatic rings. The third-order valence-electron chi connectivity index (χ3n) is 2.25. The Hall–Kier alpha value is -1.74. The Balaban J connectivity index is 2.95. The van der Waals surface area contributed by atoms with Crippen molar-refractivity contribution in [3.8, 4) is 6.07 Å². The van der Waals surface area contributed by atoms with Crippen LogP contribution in [0.4, 0.5) is 13.2 Å². The second-order valence-corrected chi connectivity index (χ2v) is 4.10. The molecule has 0 fully saturated rings. The van der Waals surface area contributed by atoms with E-state index in [9.17, 15) is 18.0 Å². The maximum absolute atomic E-state index is 12.4. The van der Waals surface area contributed by atoms with E-state index in [1.54, 1.807) is 0 Å². The van der Waals surface area contributed by atoms with Crippen LogP contribution in [-0.4, -0.2) is 36.0 Å². The first-order valence-corrected chi connectivity index (χ1v) is 5.83. The smallest absolute Gasteiger partial charge is 0.328 e. The number of nitrogens with zero attached hydrogens (tertiary/aromatic N) is 2. The molecule has 1 rings (SSSR count). The van der Waals surface area contributed by atoms with E-state index in [1.807, 2.05) is 6.07 Å². The lowest BCUT2D eigenvalue weighted by Crippen LogP contribution is -2.40. The number of hydrogen-bond donors (Lipinski definition) is 0. The number of rotatable bonds is 4. The Kier molecular flexibility index (Phi) is 5.19. The molecule has 0 saturated heterocycles. The predicted molar refractivity (Wildman–Crippen MR) is 63.8 cm³/mol. The van der Waals surface area contributed by atoms with Crippen LogP contribution >= 0.6 is 11.6 Å². The molecular formula is C12H10ClF3N2O. The summed E-state index contributed by atoms with van der Waals surface area (Å²) in [5.41, 5.74) is 0.247. The zero-order valence-electron chi connectivity index (χ0n) is 9.75. The number of hydrogen-bond acceptors (Lipinski definition) is 2. The molecule has 0 heterocycles. The van der Waals surface area contributed by atoms with Gasteiger partial charge in [-0.15, -0.1) is 11.6 Å². The minimum atomic E-state index is -4.49. The highest BCUT2D eigenvalue weighted by Crippen LogP contribution is 2.18. The second-order valence-electron chi connectivity index (χ2n) is 3.72. The van der Waals surface area contributed by atoms with Crippen LogP contribution in [0.15, 0.2) is 24.3 Å². The zero-order valence-corrected chi connectivity index (χ0v) is 10.5. The molecule has 0 aromatic heterocycles. The van der Waals surface area contributed by atoms with E-state index in [-0.39, 0.29) is 23.6 Å². The monoisotopic (exact) mass is 290 g/mol. The molecule has 0 N–H and O–H groups in total. The fraction of sp³-hybridized carbons (Fsp3) is 0.333. The third kappa shape index (κ3) is 4.79. The number of benzene rings is 1. The predicted octanol–water partition coefficient (Wildman–Crippen LogP) is 2.80. The van der Waals surface area contributed by atoms with Crippen LogP contribution in [0.1, 0.15) is 15.9 Å². The summed E-state index contributed by atoms with van der Waals surface area (Å²) >= 11 is 5.40. The van der Waals surface area contributed by atoms with Crippen LogP contribution in [-0.2, 0) is 0 Å². The molecule has 0 aliphatic heterocycles. The average molecular weight is 291 g/mol. The minimum absolute atomic E-state index is 0.0356. The van der Waals surface area contributed by atoms with Crippen molar-refractivity contribution in [3.05, 3.63) is 35.4 Å². The van der Waals surface area contributed by atoms with Gasteiger partial charge >= 0.3 is 6.18 Å². The number of nitriles is 1. The Morgan fingerprint density at radius 2 is 2.11 bits per heavy atom. The minimum Gasteiger partial charge on any atom is -0.328 e. The van der Waals surface area contributed by atoms with Gasteiger partial charge in [-0.1, -0.05) is 6.07 Å². The van der Waals surface area contributed by atoms with Gasteiger partial charge in [0.15, 0.2) is 0 Å². The van der Waals surface area contributed by atoms with Gasteiger partial charge in [0.05, 0.1) is 11.6 Å². The molecule has 0 radical (unpaired) electrons. The van der Waals surface area contributed by atoms with Gasteiger partial charge in [0.25, 0.3) is 5.91 Å². The topological polar surface area (TPSA) is 44.1 Å². The maximum Gasteiger partial charge on any atom is 0.406 e. The first-order chi connectivity index (χ1) is 8.87. The summed E-state index contributed by atoms with van der Waals surface area (Å²) in [4.78, 5) is 12.6. The van der Waals surface area contributed by atoms with Crippen LogP contribution in [0.25, 0.3) is 0 Å². The van der Waals surface area contributed by atoms with Crippen molar-refractivity contribution in [1.82, 2.24) is 4.90 Å². The Morgan fingerprint density at radius 1 is 1.42 bits per heavy atom. The van der Waals surface area contributed by atoms with Crippen molar-refractivity contribution < 1.29 is 18.0 Å². The summed E-state index contributed by atoms with van der Waals surface area (Å²) in [6.07, 6.45) is -4.49. The number of carbonyl (C=O) groups excluding carboxylic acids is 1. The largest absolute Gasteiger partial charge is 0.406 e. The molecule has 0 bridgehead atoms. The van der Waals surface area contributed by atoms with E-state index in [2.05, 4.69) is 0 Å². The van der Waals surface area contributed by atoms with Crippen molar-refractivity contribution >= 4 is 17.5 Å². The summed E-state index contributed by atoms with van der Waals surface area (Å²) in [5, 5.41) is 8.70. The van der Waals surface area contributed by atoms with E-state index in [0.29, 0.717) is 4.90 Å². The van der Waals surface area contributed by atoms with Gasteiger partial charge in [0.2, 0.25) is 0 Å². The van der Waals surface area contributed by atoms with Gasteiger partial charge in [-0.05, 0) is 18.2 Å². The summed E-state index contributed by atoms with van der Waals surface area (Å²) in [6, 6.07) is 7.34. The van der Waals surface area contributed by atoms with Crippen LogP contribution in [0, 0.1) is 11.3 Å². The molecule has 1 aromatic carbocycles. The van der Waals surface area contributed by atoms with Gasteiger partial charge < -0.3 is 4.90 Å². The summed E-state index contributed by atoms with van der Waals surface area (Å²) in [5.74, 6) is -0.894. The molecule has 0 atom stereocenters. The van der Waals surface area contributed by atoms with E-state index >= 15 is 0 Å². The molecule has 0 aliphatic carbocycles. The van der Waals surface area contributed by atoms with Gasteiger partial charge in [-0.2, -0.15) is 18.4 Å². The Morgan fingerprint density at radius 3 is 2.63 bits per heavy atom. The number of alkyl halides is 4. The second kappa shape index (κ2) is 6.43. The molecule has 102 valence electrons. The standard InChI is InChI=1S/C12H10ClF3N2O/c13-4-5-18(8-12(14,15)16)11(19)10-3-1-2-9(6-10)7-17/h1-3,6H,4-5,8H2. The average Bonchev–Trinajstić information content (AvgIpc) is 2.36. The first-order valence-electron chi connectivity index (χ1n) is 5.29. The number of carbonyl (C=O) groups is 1. The van der Waals surface area contributed by atoms with Crippen LogP contribution in [0.2, 0.25) is 0 Å². The van der Waals surface area contributed by atoms with Gasteiger partial charge in [0, 0.05) is 18.0 Å². The van der Waals surface area contributed by atoms with Crippen LogP contribution in [0.3, 0.4) is 0 Å². The van der Waals surface area contributed by atoms with Gasteiger partial charge in [-0.3, -0.25) is 4.79 Å². The highest BCUT2D eigenvalue weighted by Gasteiger charge is 2.33. The van der Waals surface area contributed by atoms with E-state index in [0.717, 1.165) is 0 Å². The Labute approximate surface area is 113 Å². The molecule has 1 amide bonds. The molecule has 0 spiro atoms. The van der Waals surface area contributed by atoms with E-state index in [4.69, 9.17) is 16.9 Å². The fourth-order valence-electron chi connectivity index (χ4n) is 1.48. The molecule has 0 aliphatic rings. The molecule has 7 heteroatoms. The van der Waals surface area contributed by atoms with Gasteiger partial charge in [0.1, 0.15) is 6.54 Å². The van der Waals surface area contributed by atoms with E-state index in [1.165, 1.54) is 24.3 Å². The molecule has 0 saturated carbocycles. The quantitative estimate of drug-likeness (QED) is 0.800. The third-order valence-corrected chi connectivity index (χ3v) is 2.42. The molecular weight excluding hydrogens is 281 g/mol. The zero-order chi connectivity index (χ0) is 14.5. The summed E-state index contributed by atoms with van der Waals surface area (Å²) in [7, 11) is 0. The van der Waals surface area contributed by atoms with Crippen LogP contribution in [0.5, 0.6) is 0 Å². The number of amides is 1. The van der Waals surface area contributed by atoms with Crippen molar-refractivity contribution in [1.29, 1.82) is 5.26 Å².